The number of hydrogen-bond donors (Lipinski definition) is 1. The van der Waals surface area contributed by atoms with Crippen LogP contribution < -0.4 is 5.32 Å². The zero-order valence-electron chi connectivity index (χ0n) is 7.19. The van der Waals surface area contributed by atoms with Crippen LogP contribution in [-0.4, -0.2) is 17.9 Å². The third-order valence-electron chi connectivity index (χ3n) is 2.88. The summed E-state index contributed by atoms with van der Waals surface area (Å²) in [5.74, 6) is 1.15. The van der Waals surface area contributed by atoms with Gasteiger partial charge in [0.15, 0.2) is 0 Å². The Morgan fingerprint density at radius 2 is 2.00 bits per heavy atom. The van der Waals surface area contributed by atoms with Crippen LogP contribution in [0.4, 0.5) is 0 Å². The Labute approximate surface area is 68.1 Å². The van der Waals surface area contributed by atoms with Gasteiger partial charge in [0.25, 0.3) is 0 Å². The number of aliphatic imine (C=N–C) groups is 1. The fraction of sp³-hybridized carbons (Fsp3) is 0.889. The van der Waals surface area contributed by atoms with E-state index >= 15 is 0 Å². The van der Waals surface area contributed by atoms with Gasteiger partial charge in [0.1, 0.15) is 0 Å². The quantitative estimate of drug-likeness (QED) is 0.561. The van der Waals surface area contributed by atoms with Gasteiger partial charge in [0.2, 0.25) is 0 Å². The molecule has 0 bridgehead atoms. The Hall–Kier alpha value is -0.530. The van der Waals surface area contributed by atoms with E-state index in [9.17, 15) is 0 Å². The van der Waals surface area contributed by atoms with Crippen LogP contribution in [0.25, 0.3) is 0 Å². The summed E-state index contributed by atoms with van der Waals surface area (Å²) in [4.78, 5) is 4.42. The average Bonchev–Trinajstić information content (AvgIpc) is 2.34. The van der Waals surface area contributed by atoms with E-state index in [4.69, 9.17) is 0 Å². The number of nitrogens with one attached hydrogen (secondary N) is 1. The summed E-state index contributed by atoms with van der Waals surface area (Å²) < 4.78 is 0. The van der Waals surface area contributed by atoms with E-state index in [1.165, 1.54) is 32.1 Å². The van der Waals surface area contributed by atoms with Gasteiger partial charge in [-0.2, -0.15) is 0 Å². The molecule has 0 unspecified atom stereocenters. The molecule has 0 radical (unpaired) electrons. The number of hydrogen-bond acceptors (Lipinski definition) is 2. The minimum absolute atomic E-state index is 0.391. The second kappa shape index (κ2) is 2.50. The van der Waals surface area contributed by atoms with Crippen molar-refractivity contribution < 1.29 is 0 Å². The number of rotatable bonds is 0. The molecule has 2 heteroatoms. The fourth-order valence-electron chi connectivity index (χ4n) is 2.24. The smallest absolute Gasteiger partial charge is 0.0937 e. The Morgan fingerprint density at radius 3 is 2.55 bits per heavy atom. The Morgan fingerprint density at radius 1 is 1.27 bits per heavy atom. The van der Waals surface area contributed by atoms with Crippen LogP contribution in [0.15, 0.2) is 4.99 Å². The highest BCUT2D eigenvalue weighted by atomic mass is 15.1. The second-order valence-corrected chi connectivity index (χ2v) is 3.87. The minimum Gasteiger partial charge on any atom is -0.367 e. The highest BCUT2D eigenvalue weighted by Gasteiger charge is 2.34. The molecule has 0 aromatic carbocycles. The summed E-state index contributed by atoms with van der Waals surface area (Å²) >= 11 is 0. The van der Waals surface area contributed by atoms with E-state index in [0.29, 0.717) is 5.54 Å². The molecular formula is C9H16N2. The molecule has 1 aliphatic heterocycles. The van der Waals surface area contributed by atoms with Gasteiger partial charge in [-0.25, -0.2) is 0 Å². The molecule has 0 aromatic rings. The maximum atomic E-state index is 4.42. The van der Waals surface area contributed by atoms with Crippen molar-refractivity contribution in [2.75, 3.05) is 6.54 Å². The highest BCUT2D eigenvalue weighted by molar-refractivity contribution is 5.82. The molecule has 1 fully saturated rings. The second-order valence-electron chi connectivity index (χ2n) is 3.87. The summed E-state index contributed by atoms with van der Waals surface area (Å²) in [5, 5.41) is 3.52. The predicted octanol–water partition coefficient (Wildman–Crippen LogP) is 1.71. The van der Waals surface area contributed by atoms with Crippen molar-refractivity contribution in [2.24, 2.45) is 4.99 Å². The predicted molar refractivity (Wildman–Crippen MR) is 46.9 cm³/mol. The van der Waals surface area contributed by atoms with Gasteiger partial charge in [0.05, 0.1) is 17.9 Å². The Kier molecular flexibility index (Phi) is 1.63. The van der Waals surface area contributed by atoms with Gasteiger partial charge >= 0.3 is 0 Å². The maximum absolute atomic E-state index is 4.42. The van der Waals surface area contributed by atoms with Crippen molar-refractivity contribution in [2.45, 2.75) is 44.6 Å². The normalized spacial score (nSPS) is 28.3. The molecular weight excluding hydrogens is 136 g/mol. The molecule has 11 heavy (non-hydrogen) atoms. The third-order valence-corrected chi connectivity index (χ3v) is 2.88. The van der Waals surface area contributed by atoms with Crippen molar-refractivity contribution in [3.63, 3.8) is 0 Å². The standard InChI is InChI=1S/C9H16N2/c1-8-10-7-9(11-8)5-3-2-4-6-9/h2-7H2,1H3,(H,10,11). The SMILES string of the molecule is CC1=NCC2(CCCCC2)N1. The average molecular weight is 152 g/mol. The van der Waals surface area contributed by atoms with Crippen LogP contribution >= 0.6 is 0 Å². The van der Waals surface area contributed by atoms with Crippen molar-refractivity contribution in [1.82, 2.24) is 5.32 Å². The summed E-state index contributed by atoms with van der Waals surface area (Å²) in [6.07, 6.45) is 6.84. The van der Waals surface area contributed by atoms with Crippen molar-refractivity contribution >= 4 is 5.84 Å². The maximum Gasteiger partial charge on any atom is 0.0937 e. The first-order valence-corrected chi connectivity index (χ1v) is 4.60. The third kappa shape index (κ3) is 1.26. The molecule has 0 atom stereocenters. The monoisotopic (exact) mass is 152 g/mol. The van der Waals surface area contributed by atoms with Crippen LogP contribution in [-0.2, 0) is 0 Å². The summed E-state index contributed by atoms with van der Waals surface area (Å²) in [6.45, 7) is 3.10. The number of nitrogens with zero attached hydrogens (tertiary/aromatic N) is 1. The first kappa shape index (κ1) is 7.14. The summed E-state index contributed by atoms with van der Waals surface area (Å²) in [6, 6.07) is 0. The molecule has 1 spiro atoms. The van der Waals surface area contributed by atoms with E-state index in [0.717, 1.165) is 12.4 Å². The van der Waals surface area contributed by atoms with Crippen LogP contribution in [0.3, 0.4) is 0 Å². The van der Waals surface area contributed by atoms with Gasteiger partial charge in [0, 0.05) is 0 Å². The molecule has 0 aromatic heterocycles. The topological polar surface area (TPSA) is 24.4 Å². The van der Waals surface area contributed by atoms with Crippen LogP contribution in [0.2, 0.25) is 0 Å². The van der Waals surface area contributed by atoms with Crippen molar-refractivity contribution in [1.29, 1.82) is 0 Å². The highest BCUT2D eigenvalue weighted by Crippen LogP contribution is 2.30. The van der Waals surface area contributed by atoms with Crippen LogP contribution in [0, 0.1) is 0 Å². The largest absolute Gasteiger partial charge is 0.367 e. The van der Waals surface area contributed by atoms with Gasteiger partial charge in [-0.05, 0) is 19.8 Å². The van der Waals surface area contributed by atoms with E-state index < -0.39 is 0 Å². The zero-order valence-corrected chi connectivity index (χ0v) is 7.19. The van der Waals surface area contributed by atoms with Crippen LogP contribution in [0.1, 0.15) is 39.0 Å². The lowest BCUT2D eigenvalue weighted by Crippen LogP contribution is -2.46. The molecule has 2 nitrogen and oxygen atoms in total. The molecule has 1 saturated carbocycles. The molecule has 1 heterocycles. The van der Waals surface area contributed by atoms with E-state index in [2.05, 4.69) is 17.2 Å². The molecule has 0 saturated heterocycles. The first-order chi connectivity index (χ1) is 5.31. The lowest BCUT2D eigenvalue weighted by atomic mass is 9.82. The number of amidine groups is 1. The van der Waals surface area contributed by atoms with Crippen LogP contribution in [0.5, 0.6) is 0 Å². The minimum atomic E-state index is 0.391. The fourth-order valence-corrected chi connectivity index (χ4v) is 2.24. The summed E-state index contributed by atoms with van der Waals surface area (Å²) in [7, 11) is 0. The zero-order chi connectivity index (χ0) is 7.73. The van der Waals surface area contributed by atoms with Crippen molar-refractivity contribution in [3.8, 4) is 0 Å². The molecule has 1 aliphatic carbocycles. The molecule has 0 amide bonds. The van der Waals surface area contributed by atoms with Gasteiger partial charge < -0.3 is 5.32 Å². The molecule has 62 valence electrons. The van der Waals surface area contributed by atoms with Crippen molar-refractivity contribution in [3.05, 3.63) is 0 Å². The van der Waals surface area contributed by atoms with Gasteiger partial charge in [-0.15, -0.1) is 0 Å². The lowest BCUT2D eigenvalue weighted by Gasteiger charge is -2.33. The lowest BCUT2D eigenvalue weighted by molar-refractivity contribution is 0.288. The van der Waals surface area contributed by atoms with E-state index in [1.54, 1.807) is 0 Å². The first-order valence-electron chi connectivity index (χ1n) is 4.60. The van der Waals surface area contributed by atoms with E-state index in [1.807, 2.05) is 0 Å². The Balaban J connectivity index is 2.01. The molecule has 2 aliphatic rings. The molecule has 2 rings (SSSR count). The van der Waals surface area contributed by atoms with Gasteiger partial charge in [-0.3, -0.25) is 4.99 Å². The Bertz CT molecular complexity index is 178. The molecule has 1 N–H and O–H groups in total. The summed E-state index contributed by atoms with van der Waals surface area (Å²) in [5.41, 5.74) is 0.391. The van der Waals surface area contributed by atoms with E-state index in [-0.39, 0.29) is 0 Å². The van der Waals surface area contributed by atoms with Gasteiger partial charge in [-0.1, -0.05) is 19.3 Å².